The number of halogens is 1. The van der Waals surface area contributed by atoms with Crippen molar-refractivity contribution in [1.29, 1.82) is 0 Å². The van der Waals surface area contributed by atoms with Gasteiger partial charge < -0.3 is 4.74 Å². The highest BCUT2D eigenvalue weighted by Gasteiger charge is 2.40. The van der Waals surface area contributed by atoms with Crippen molar-refractivity contribution in [2.45, 2.75) is 38.5 Å². The van der Waals surface area contributed by atoms with E-state index in [2.05, 4.69) is 0 Å². The Hall–Kier alpha value is -0.110. The fourth-order valence-electron chi connectivity index (χ4n) is 1.24. The molecule has 1 rings (SSSR count). The molecule has 1 aliphatic carbocycles. The quantitative estimate of drug-likeness (QED) is 0.557. The van der Waals surface area contributed by atoms with Crippen LogP contribution in [0.3, 0.4) is 0 Å². The SMILES string of the molecule is CCOC1CC(C)(F)C1. The third-order valence-corrected chi connectivity index (χ3v) is 1.71. The molecule has 0 spiro atoms. The van der Waals surface area contributed by atoms with Crippen LogP contribution in [-0.2, 0) is 4.74 Å². The molecule has 1 fully saturated rings. The van der Waals surface area contributed by atoms with Crippen molar-refractivity contribution in [1.82, 2.24) is 0 Å². The van der Waals surface area contributed by atoms with Crippen LogP contribution in [0.1, 0.15) is 26.7 Å². The molecule has 9 heavy (non-hydrogen) atoms. The minimum Gasteiger partial charge on any atom is -0.378 e. The maximum absolute atomic E-state index is 12.7. The molecule has 0 N–H and O–H groups in total. The maximum Gasteiger partial charge on any atom is 0.113 e. The van der Waals surface area contributed by atoms with E-state index in [9.17, 15) is 4.39 Å². The average molecular weight is 132 g/mol. The summed E-state index contributed by atoms with van der Waals surface area (Å²) in [5, 5.41) is 0. The summed E-state index contributed by atoms with van der Waals surface area (Å²) in [6.45, 7) is 4.27. The van der Waals surface area contributed by atoms with Crippen molar-refractivity contribution < 1.29 is 9.13 Å². The highest BCUT2D eigenvalue weighted by molar-refractivity contribution is 4.91. The molecule has 1 saturated carbocycles. The molecule has 0 aliphatic heterocycles. The summed E-state index contributed by atoms with van der Waals surface area (Å²) >= 11 is 0. The number of hydrogen-bond donors (Lipinski definition) is 0. The van der Waals surface area contributed by atoms with Crippen LogP contribution in [-0.4, -0.2) is 18.4 Å². The van der Waals surface area contributed by atoms with E-state index < -0.39 is 5.67 Å². The van der Waals surface area contributed by atoms with E-state index in [4.69, 9.17) is 4.74 Å². The van der Waals surface area contributed by atoms with Crippen LogP contribution in [0.25, 0.3) is 0 Å². The Morgan fingerprint density at radius 2 is 2.22 bits per heavy atom. The highest BCUT2D eigenvalue weighted by Crippen LogP contribution is 2.37. The summed E-state index contributed by atoms with van der Waals surface area (Å²) in [6, 6.07) is 0. The van der Waals surface area contributed by atoms with E-state index >= 15 is 0 Å². The number of rotatable bonds is 2. The summed E-state index contributed by atoms with van der Waals surface area (Å²) < 4.78 is 17.9. The van der Waals surface area contributed by atoms with E-state index in [1.54, 1.807) is 6.92 Å². The third kappa shape index (κ3) is 1.65. The lowest BCUT2D eigenvalue weighted by Crippen LogP contribution is -2.42. The van der Waals surface area contributed by atoms with Crippen LogP contribution in [0, 0.1) is 0 Å². The van der Waals surface area contributed by atoms with E-state index in [-0.39, 0.29) is 6.10 Å². The molecule has 1 nitrogen and oxygen atoms in total. The number of ether oxygens (including phenoxy) is 1. The first kappa shape index (κ1) is 7.00. The second kappa shape index (κ2) is 2.25. The first-order valence-electron chi connectivity index (χ1n) is 3.44. The molecule has 0 heterocycles. The van der Waals surface area contributed by atoms with Crippen LogP contribution in [0.5, 0.6) is 0 Å². The first-order valence-corrected chi connectivity index (χ1v) is 3.44. The van der Waals surface area contributed by atoms with E-state index in [0.29, 0.717) is 19.4 Å². The minimum atomic E-state index is -0.931. The fraction of sp³-hybridized carbons (Fsp3) is 1.00. The summed E-state index contributed by atoms with van der Waals surface area (Å²) in [4.78, 5) is 0. The van der Waals surface area contributed by atoms with Crippen LogP contribution >= 0.6 is 0 Å². The van der Waals surface area contributed by atoms with Crippen LogP contribution in [0.2, 0.25) is 0 Å². The molecule has 54 valence electrons. The molecule has 0 atom stereocenters. The van der Waals surface area contributed by atoms with Gasteiger partial charge in [0.1, 0.15) is 5.67 Å². The molecular formula is C7H13FO. The Balaban J connectivity index is 2.12. The van der Waals surface area contributed by atoms with Gasteiger partial charge in [-0.3, -0.25) is 0 Å². The van der Waals surface area contributed by atoms with E-state index in [1.165, 1.54) is 0 Å². The van der Waals surface area contributed by atoms with Gasteiger partial charge in [-0.25, -0.2) is 4.39 Å². The zero-order valence-corrected chi connectivity index (χ0v) is 5.98. The Morgan fingerprint density at radius 1 is 1.67 bits per heavy atom. The molecule has 0 amide bonds. The predicted octanol–water partition coefficient (Wildman–Crippen LogP) is 1.91. The van der Waals surface area contributed by atoms with Crippen LogP contribution < -0.4 is 0 Å². The lowest BCUT2D eigenvalue weighted by atomic mass is 9.81. The van der Waals surface area contributed by atoms with Crippen LogP contribution in [0.15, 0.2) is 0 Å². The molecule has 0 unspecified atom stereocenters. The molecule has 0 aromatic rings. The average Bonchev–Trinajstić information content (AvgIpc) is 1.62. The fourth-order valence-corrected chi connectivity index (χ4v) is 1.24. The number of hydrogen-bond acceptors (Lipinski definition) is 1. The van der Waals surface area contributed by atoms with Gasteiger partial charge in [-0.05, 0) is 13.8 Å². The summed E-state index contributed by atoms with van der Waals surface area (Å²) in [5.41, 5.74) is -0.931. The zero-order chi connectivity index (χ0) is 6.91. The largest absolute Gasteiger partial charge is 0.378 e. The highest BCUT2D eigenvalue weighted by atomic mass is 19.1. The van der Waals surface area contributed by atoms with Gasteiger partial charge in [0.25, 0.3) is 0 Å². The van der Waals surface area contributed by atoms with Gasteiger partial charge in [0.05, 0.1) is 6.10 Å². The van der Waals surface area contributed by atoms with Gasteiger partial charge >= 0.3 is 0 Å². The summed E-state index contributed by atoms with van der Waals surface area (Å²) in [5.74, 6) is 0. The van der Waals surface area contributed by atoms with E-state index in [1.807, 2.05) is 6.92 Å². The van der Waals surface area contributed by atoms with Crippen molar-refractivity contribution in [3.05, 3.63) is 0 Å². The molecule has 0 saturated heterocycles. The van der Waals surface area contributed by atoms with Crippen LogP contribution in [0.4, 0.5) is 4.39 Å². The summed E-state index contributed by atoms with van der Waals surface area (Å²) in [7, 11) is 0. The monoisotopic (exact) mass is 132 g/mol. The maximum atomic E-state index is 12.7. The molecular weight excluding hydrogens is 119 g/mol. The second-order valence-corrected chi connectivity index (χ2v) is 2.90. The van der Waals surface area contributed by atoms with E-state index in [0.717, 1.165) is 0 Å². The smallest absolute Gasteiger partial charge is 0.113 e. The lowest BCUT2D eigenvalue weighted by Gasteiger charge is -2.37. The third-order valence-electron chi connectivity index (χ3n) is 1.71. The van der Waals surface area contributed by atoms with Gasteiger partial charge in [0.2, 0.25) is 0 Å². The molecule has 0 bridgehead atoms. The Kier molecular flexibility index (Phi) is 1.75. The molecule has 0 radical (unpaired) electrons. The van der Waals surface area contributed by atoms with Crippen molar-refractivity contribution in [3.8, 4) is 0 Å². The molecule has 1 aliphatic rings. The number of alkyl halides is 1. The topological polar surface area (TPSA) is 9.23 Å². The van der Waals surface area contributed by atoms with Gasteiger partial charge in [-0.15, -0.1) is 0 Å². The van der Waals surface area contributed by atoms with Gasteiger partial charge in [0.15, 0.2) is 0 Å². The first-order chi connectivity index (χ1) is 4.14. The zero-order valence-electron chi connectivity index (χ0n) is 5.98. The molecule has 2 heteroatoms. The molecule has 0 aromatic carbocycles. The predicted molar refractivity (Wildman–Crippen MR) is 34.2 cm³/mol. The van der Waals surface area contributed by atoms with Gasteiger partial charge in [0, 0.05) is 19.4 Å². The lowest BCUT2D eigenvalue weighted by molar-refractivity contribution is -0.0831. The summed E-state index contributed by atoms with van der Waals surface area (Å²) in [6.07, 6.45) is 1.37. The normalized spacial score (nSPS) is 42.3. The molecule has 0 aromatic heterocycles. The van der Waals surface area contributed by atoms with Crippen molar-refractivity contribution in [2.24, 2.45) is 0 Å². The van der Waals surface area contributed by atoms with Crippen molar-refractivity contribution in [2.75, 3.05) is 6.61 Å². The second-order valence-electron chi connectivity index (χ2n) is 2.90. The standard InChI is InChI=1S/C7H13FO/c1-3-9-6-4-7(2,8)5-6/h6H,3-5H2,1-2H3. The Labute approximate surface area is 55.2 Å². The van der Waals surface area contributed by atoms with Gasteiger partial charge in [-0.1, -0.05) is 0 Å². The Bertz CT molecular complexity index is 93.1. The Morgan fingerprint density at radius 3 is 2.56 bits per heavy atom. The van der Waals surface area contributed by atoms with Crippen molar-refractivity contribution in [3.63, 3.8) is 0 Å². The van der Waals surface area contributed by atoms with Gasteiger partial charge in [-0.2, -0.15) is 0 Å². The van der Waals surface area contributed by atoms with Crippen molar-refractivity contribution >= 4 is 0 Å². The minimum absolute atomic E-state index is 0.199.